The van der Waals surface area contributed by atoms with E-state index in [-0.39, 0.29) is 0 Å². The van der Waals surface area contributed by atoms with Crippen LogP contribution in [0.25, 0.3) is 0 Å². The van der Waals surface area contributed by atoms with Gasteiger partial charge < -0.3 is 0 Å². The van der Waals surface area contributed by atoms with Gasteiger partial charge in [0, 0.05) is 23.3 Å². The topological polar surface area (TPSA) is 17.1 Å². The van der Waals surface area contributed by atoms with Crippen molar-refractivity contribution in [3.8, 4) is 0 Å². The second-order valence-electron chi connectivity index (χ2n) is 5.58. The van der Waals surface area contributed by atoms with Gasteiger partial charge in [0.1, 0.15) is 5.78 Å². The molecule has 0 amide bonds. The molecule has 4 unspecified atom stereocenters. The molecule has 1 aliphatic heterocycles. The molecular formula is C12H16OS2. The monoisotopic (exact) mass is 240 g/mol. The first-order chi connectivity index (χ1) is 7.29. The molecule has 5 fully saturated rings. The summed E-state index contributed by atoms with van der Waals surface area (Å²) in [5, 5.41) is 0. The summed E-state index contributed by atoms with van der Waals surface area (Å²) in [6.07, 6.45) is 5.12. The van der Waals surface area contributed by atoms with Gasteiger partial charge in [-0.1, -0.05) is 0 Å². The molecule has 1 nitrogen and oxygen atoms in total. The minimum atomic E-state index is 0.352. The lowest BCUT2D eigenvalue weighted by atomic mass is 9.55. The zero-order valence-electron chi connectivity index (χ0n) is 8.78. The maximum Gasteiger partial charge on any atom is 0.141 e. The number of rotatable bonds is 0. The van der Waals surface area contributed by atoms with E-state index in [9.17, 15) is 4.79 Å². The highest BCUT2D eigenvalue weighted by Crippen LogP contribution is 2.67. The van der Waals surface area contributed by atoms with Gasteiger partial charge in [-0.05, 0) is 37.5 Å². The highest BCUT2D eigenvalue weighted by atomic mass is 32.2. The van der Waals surface area contributed by atoms with Crippen molar-refractivity contribution in [1.29, 1.82) is 0 Å². The molecule has 15 heavy (non-hydrogen) atoms. The van der Waals surface area contributed by atoms with Gasteiger partial charge in [0.05, 0.1) is 4.08 Å². The lowest BCUT2D eigenvalue weighted by Crippen LogP contribution is -2.58. The molecule has 1 spiro atoms. The summed E-state index contributed by atoms with van der Waals surface area (Å²) in [4.78, 5) is 12.3. The molecule has 4 atom stereocenters. The lowest BCUT2D eigenvalue weighted by molar-refractivity contribution is -0.140. The number of hydrogen-bond donors (Lipinski definition) is 0. The van der Waals surface area contributed by atoms with Crippen molar-refractivity contribution < 1.29 is 4.79 Å². The summed E-state index contributed by atoms with van der Waals surface area (Å²) in [5.41, 5.74) is 0. The largest absolute Gasteiger partial charge is 0.299 e. The Hall–Kier alpha value is 0.370. The molecule has 0 aromatic carbocycles. The van der Waals surface area contributed by atoms with Gasteiger partial charge in [-0.2, -0.15) is 0 Å². The Bertz CT molecular complexity index is 322. The average molecular weight is 240 g/mol. The van der Waals surface area contributed by atoms with Gasteiger partial charge in [0.15, 0.2) is 0 Å². The van der Waals surface area contributed by atoms with Crippen LogP contribution in [0.4, 0.5) is 0 Å². The molecule has 4 bridgehead atoms. The Kier molecular flexibility index (Phi) is 1.87. The van der Waals surface area contributed by atoms with Crippen molar-refractivity contribution in [2.24, 2.45) is 23.7 Å². The van der Waals surface area contributed by atoms with E-state index >= 15 is 0 Å². The first-order valence-electron chi connectivity index (χ1n) is 6.11. The van der Waals surface area contributed by atoms with Crippen LogP contribution in [0.15, 0.2) is 0 Å². The third-order valence-corrected chi connectivity index (χ3v) is 8.83. The van der Waals surface area contributed by atoms with Gasteiger partial charge in [0.2, 0.25) is 0 Å². The Morgan fingerprint density at radius 3 is 2.67 bits per heavy atom. The van der Waals surface area contributed by atoms with E-state index < -0.39 is 0 Å². The van der Waals surface area contributed by atoms with Gasteiger partial charge in [-0.3, -0.25) is 4.79 Å². The molecule has 0 radical (unpaired) electrons. The maximum absolute atomic E-state index is 12.3. The smallest absolute Gasteiger partial charge is 0.141 e. The summed E-state index contributed by atoms with van der Waals surface area (Å²) >= 11 is 4.25. The molecule has 5 aliphatic rings. The highest BCUT2D eigenvalue weighted by Gasteiger charge is 2.62. The minimum absolute atomic E-state index is 0.352. The van der Waals surface area contributed by atoms with Crippen molar-refractivity contribution in [3.63, 3.8) is 0 Å². The van der Waals surface area contributed by atoms with Gasteiger partial charge in [-0.15, -0.1) is 23.5 Å². The minimum Gasteiger partial charge on any atom is -0.299 e. The standard InChI is InChI=1S/C12H16OS2/c13-11-8-3-7-4-9(6-8)12(10(11)5-7)14-1-2-15-12/h7-10H,1-6H2. The Labute approximate surface area is 99.1 Å². The molecule has 0 N–H and O–H groups in total. The highest BCUT2D eigenvalue weighted by molar-refractivity contribution is 8.21. The summed E-state index contributed by atoms with van der Waals surface area (Å²) in [5.74, 6) is 5.88. The number of thioether (sulfide) groups is 2. The zero-order valence-corrected chi connectivity index (χ0v) is 10.4. The molecule has 1 saturated heterocycles. The predicted molar refractivity (Wildman–Crippen MR) is 65.1 cm³/mol. The van der Waals surface area contributed by atoms with Gasteiger partial charge in [0.25, 0.3) is 0 Å². The van der Waals surface area contributed by atoms with Crippen LogP contribution in [0.3, 0.4) is 0 Å². The Morgan fingerprint density at radius 2 is 1.87 bits per heavy atom. The molecule has 5 rings (SSSR count). The van der Waals surface area contributed by atoms with Crippen molar-refractivity contribution in [1.82, 2.24) is 0 Å². The third-order valence-electron chi connectivity index (χ3n) is 4.91. The van der Waals surface area contributed by atoms with Crippen LogP contribution in [0.1, 0.15) is 25.7 Å². The Balaban J connectivity index is 1.79. The maximum atomic E-state index is 12.3. The normalized spacial score (nSPS) is 50.5. The lowest BCUT2D eigenvalue weighted by Gasteiger charge is -2.57. The summed E-state index contributed by atoms with van der Waals surface area (Å²) in [7, 11) is 0. The van der Waals surface area contributed by atoms with E-state index in [1.54, 1.807) is 0 Å². The van der Waals surface area contributed by atoms with E-state index in [0.29, 0.717) is 21.7 Å². The van der Waals surface area contributed by atoms with Gasteiger partial charge >= 0.3 is 0 Å². The van der Waals surface area contributed by atoms with Crippen molar-refractivity contribution >= 4 is 29.3 Å². The number of Topliss-reactive ketones (excluding diaryl/α,β-unsaturated/α-hetero) is 1. The van der Waals surface area contributed by atoms with E-state index in [1.165, 1.54) is 37.2 Å². The molecule has 0 aromatic heterocycles. The van der Waals surface area contributed by atoms with Gasteiger partial charge in [-0.25, -0.2) is 0 Å². The van der Waals surface area contributed by atoms with E-state index in [4.69, 9.17) is 0 Å². The zero-order chi connectivity index (χ0) is 10.0. The van der Waals surface area contributed by atoms with Crippen LogP contribution in [-0.2, 0) is 4.79 Å². The second kappa shape index (κ2) is 2.98. The summed E-state index contributed by atoms with van der Waals surface area (Å²) in [6, 6.07) is 0. The first kappa shape index (κ1) is 9.41. The number of carbonyl (C=O) groups is 1. The molecule has 4 saturated carbocycles. The molecule has 1 heterocycles. The molecule has 0 aromatic rings. The van der Waals surface area contributed by atoms with Crippen LogP contribution in [0.5, 0.6) is 0 Å². The molecule has 4 aliphatic carbocycles. The fraction of sp³-hybridized carbons (Fsp3) is 0.917. The molecule has 3 heteroatoms. The fourth-order valence-corrected chi connectivity index (χ4v) is 8.27. The number of carbonyl (C=O) groups excluding carboxylic acids is 1. The first-order valence-corrected chi connectivity index (χ1v) is 8.08. The summed E-state index contributed by atoms with van der Waals surface area (Å²) in [6.45, 7) is 0. The number of ketones is 1. The van der Waals surface area contributed by atoms with Crippen LogP contribution >= 0.6 is 23.5 Å². The molecule has 82 valence electrons. The van der Waals surface area contributed by atoms with Crippen molar-refractivity contribution in [3.05, 3.63) is 0 Å². The second-order valence-corrected chi connectivity index (χ2v) is 8.58. The van der Waals surface area contributed by atoms with Crippen LogP contribution < -0.4 is 0 Å². The van der Waals surface area contributed by atoms with E-state index in [2.05, 4.69) is 23.5 Å². The molecular weight excluding hydrogens is 224 g/mol. The van der Waals surface area contributed by atoms with Crippen LogP contribution in [0.2, 0.25) is 0 Å². The van der Waals surface area contributed by atoms with E-state index in [0.717, 1.165) is 11.8 Å². The van der Waals surface area contributed by atoms with Crippen LogP contribution in [-0.4, -0.2) is 21.4 Å². The number of hydrogen-bond acceptors (Lipinski definition) is 3. The third kappa shape index (κ3) is 1.07. The average Bonchev–Trinajstić information content (AvgIpc) is 2.71. The summed E-state index contributed by atoms with van der Waals surface area (Å²) < 4.78 is 0.352. The predicted octanol–water partition coefficient (Wildman–Crippen LogP) is 2.80. The van der Waals surface area contributed by atoms with Crippen LogP contribution in [0, 0.1) is 23.7 Å². The van der Waals surface area contributed by atoms with Crippen molar-refractivity contribution in [2.75, 3.05) is 11.5 Å². The fourth-order valence-electron chi connectivity index (χ4n) is 4.45. The Morgan fingerprint density at radius 1 is 1.07 bits per heavy atom. The van der Waals surface area contributed by atoms with Crippen molar-refractivity contribution in [2.45, 2.75) is 29.8 Å². The quantitative estimate of drug-likeness (QED) is 0.648. The van der Waals surface area contributed by atoms with E-state index in [1.807, 2.05) is 0 Å². The SMILES string of the molecule is O=C1C2CC3CC(C2)C2(SCCS2)C1C3.